The van der Waals surface area contributed by atoms with E-state index in [-0.39, 0.29) is 75.4 Å². The maximum absolute atomic E-state index is 13.8. The van der Waals surface area contributed by atoms with Crippen molar-refractivity contribution in [3.63, 3.8) is 0 Å². The number of unbranched alkanes of at least 4 members (excludes halogenated alkanes) is 2. The van der Waals surface area contributed by atoms with Crippen LogP contribution in [0.15, 0.2) is 90.1 Å². The highest BCUT2D eigenvalue weighted by Gasteiger charge is 2.65. The molecule has 2 aromatic carbocycles. The Bertz CT molecular complexity index is 2010. The summed E-state index contributed by atoms with van der Waals surface area (Å²) in [7, 11) is 1.65. The van der Waals surface area contributed by atoms with E-state index in [2.05, 4.69) is 17.6 Å². The fraction of sp³-hybridized carbons (Fsp3) is 0.489. The fourth-order valence-electron chi connectivity index (χ4n) is 8.91. The van der Waals surface area contributed by atoms with E-state index in [0.717, 1.165) is 48.2 Å². The van der Waals surface area contributed by atoms with E-state index < -0.39 is 28.8 Å². The molecule has 2 aliphatic carbocycles. The lowest BCUT2D eigenvalue weighted by atomic mass is 9.55. The molecule has 1 aromatic heterocycles. The minimum atomic E-state index is -1.46. The molecule has 3 aliphatic rings. The number of likely N-dealkylation sites (N-methyl/N-ethyl adjacent to an activating group) is 1. The van der Waals surface area contributed by atoms with Crippen LogP contribution in [-0.2, 0) is 27.5 Å². The first-order valence-electron chi connectivity index (χ1n) is 20.6. The van der Waals surface area contributed by atoms with Crippen molar-refractivity contribution in [3.05, 3.63) is 118 Å². The molecule has 14 nitrogen and oxygen atoms in total. The number of halogens is 1. The van der Waals surface area contributed by atoms with Crippen LogP contribution in [-0.4, -0.2) is 88.0 Å². The molecule has 0 bridgehead atoms. The van der Waals surface area contributed by atoms with E-state index in [9.17, 15) is 25.1 Å². The van der Waals surface area contributed by atoms with Crippen molar-refractivity contribution < 1.29 is 43.7 Å². The van der Waals surface area contributed by atoms with Crippen LogP contribution in [0.4, 0.5) is 10.5 Å². The molecule has 1 aliphatic heterocycles. The fourth-order valence-corrected chi connectivity index (χ4v) is 8.99. The van der Waals surface area contributed by atoms with Crippen molar-refractivity contribution in [2.75, 3.05) is 39.4 Å². The number of nitrogens with zero attached hydrogens (tertiary/aromatic N) is 4. The second-order valence-corrected chi connectivity index (χ2v) is 15.8. The predicted octanol–water partition coefficient (Wildman–Crippen LogP) is 8.02. The maximum Gasteiger partial charge on any atom is 0.410 e. The molecule has 0 saturated heterocycles. The third kappa shape index (κ3) is 10.1. The zero-order chi connectivity index (χ0) is 42.6. The van der Waals surface area contributed by atoms with Gasteiger partial charge in [-0.05, 0) is 98.0 Å². The number of rotatable bonds is 21. The number of non-ortho nitro benzene ring substituents is 1. The van der Waals surface area contributed by atoms with E-state index in [4.69, 9.17) is 40.5 Å². The van der Waals surface area contributed by atoms with Crippen LogP contribution in [0.2, 0.25) is 0 Å². The normalized spacial score (nSPS) is 23.4. The van der Waals surface area contributed by atoms with Gasteiger partial charge in [0.2, 0.25) is 5.79 Å². The van der Waals surface area contributed by atoms with Crippen molar-refractivity contribution in [1.82, 2.24) is 9.88 Å². The average molecular weight is 847 g/mol. The Morgan fingerprint density at radius 1 is 1.10 bits per heavy atom. The monoisotopic (exact) mass is 846 g/mol. The van der Waals surface area contributed by atoms with Gasteiger partial charge in [0, 0.05) is 56.0 Å². The number of hydrogen-bond donors (Lipinski definition) is 2. The van der Waals surface area contributed by atoms with E-state index in [1.165, 1.54) is 17.0 Å². The van der Waals surface area contributed by atoms with Gasteiger partial charge in [-0.15, -0.1) is 18.2 Å². The Kier molecular flexibility index (Phi) is 15.6. The zero-order valence-corrected chi connectivity index (χ0v) is 35.0. The van der Waals surface area contributed by atoms with Gasteiger partial charge in [0.05, 0.1) is 34.7 Å². The summed E-state index contributed by atoms with van der Waals surface area (Å²) >= 11 is 5.95. The minimum absolute atomic E-state index is 0.00144. The topological polar surface area (TPSA) is 175 Å². The number of pyridine rings is 1. The quantitative estimate of drug-likeness (QED) is 0.0349. The van der Waals surface area contributed by atoms with Gasteiger partial charge in [0.25, 0.3) is 5.69 Å². The van der Waals surface area contributed by atoms with Crippen LogP contribution >= 0.6 is 11.6 Å². The van der Waals surface area contributed by atoms with Gasteiger partial charge in [0.1, 0.15) is 37.4 Å². The SMILES string of the molecule is C=CCOC12Oc3ccc(OCc4cccc(C)n4)cc3C3C(CCCCO)C(CCCCO)C=C(C(=NOCc4ccc([N+](=O)[O-])cc4)CC1N(C)C(=O)OCCCl)C32. The van der Waals surface area contributed by atoms with Gasteiger partial charge in [-0.25, -0.2) is 4.79 Å². The number of hydrogen-bond acceptors (Lipinski definition) is 12. The molecule has 6 atom stereocenters. The van der Waals surface area contributed by atoms with Crippen molar-refractivity contribution in [1.29, 1.82) is 0 Å². The molecule has 15 heteroatoms. The second kappa shape index (κ2) is 21.0. The number of aliphatic hydroxyl groups excluding tert-OH is 2. The minimum Gasteiger partial charge on any atom is -0.487 e. The molecule has 2 heterocycles. The summed E-state index contributed by atoms with van der Waals surface area (Å²) < 4.78 is 26.0. The smallest absolute Gasteiger partial charge is 0.410 e. The number of oxime groups is 1. The molecular formula is C45H55ClN4O10. The number of benzene rings is 2. The highest BCUT2D eigenvalue weighted by atomic mass is 35.5. The standard InChI is InChI=1S/C45H55ClN4O10/c1-4-23-58-45-41(49(3)44(53)56-24-20-46)27-39(48-59-28-31-14-16-34(17-15-31)50(54)55)37-25-32(11-5-7-21-51)36(13-6-8-22-52)42(43(37)45)38-26-35(18-19-40(38)60-45)57-29-33-12-9-10-30(2)47-33/h4,9-10,12,14-19,25-26,32,36,41-43,51-52H,1,5-8,11,13,20-24,27-29H2,2-3H3. The number of nitro benzene ring substituents is 1. The number of aromatic nitrogens is 1. The van der Waals surface area contributed by atoms with Gasteiger partial charge in [-0.1, -0.05) is 36.2 Å². The van der Waals surface area contributed by atoms with Gasteiger partial charge >= 0.3 is 6.09 Å². The number of alkyl halides is 1. The Labute approximate surface area is 355 Å². The number of amides is 1. The number of fused-ring (bicyclic) bond motifs is 2. The van der Waals surface area contributed by atoms with Crippen molar-refractivity contribution in [2.24, 2.45) is 22.9 Å². The lowest BCUT2D eigenvalue weighted by molar-refractivity contribution is -0.384. The number of ether oxygens (including phenoxy) is 4. The molecule has 0 spiro atoms. The summed E-state index contributed by atoms with van der Waals surface area (Å²) in [5.41, 5.74) is 4.71. The summed E-state index contributed by atoms with van der Waals surface area (Å²) in [6.07, 6.45) is 7.84. The molecule has 2 N–H and O–H groups in total. The Morgan fingerprint density at radius 2 is 1.87 bits per heavy atom. The summed E-state index contributed by atoms with van der Waals surface area (Å²) in [4.78, 5) is 36.7. The van der Waals surface area contributed by atoms with Gasteiger partial charge in [-0.2, -0.15) is 0 Å². The Morgan fingerprint density at radius 3 is 2.57 bits per heavy atom. The zero-order valence-electron chi connectivity index (χ0n) is 34.2. The lowest BCUT2D eigenvalue weighted by Crippen LogP contribution is -2.69. The number of allylic oxidation sites excluding steroid dienone is 1. The van der Waals surface area contributed by atoms with Crippen molar-refractivity contribution in [3.8, 4) is 11.5 Å². The summed E-state index contributed by atoms with van der Waals surface area (Å²) in [6.45, 7) is 6.45. The number of aryl methyl sites for hydroxylation is 1. The molecule has 1 saturated carbocycles. The van der Waals surface area contributed by atoms with Crippen LogP contribution in [0.1, 0.15) is 73.4 Å². The summed E-state index contributed by atoms with van der Waals surface area (Å²) in [6, 6.07) is 16.9. The average Bonchev–Trinajstić information content (AvgIpc) is 3.25. The predicted molar refractivity (Wildman–Crippen MR) is 226 cm³/mol. The molecule has 60 heavy (non-hydrogen) atoms. The van der Waals surface area contributed by atoms with E-state index >= 15 is 0 Å². The second-order valence-electron chi connectivity index (χ2n) is 15.4. The maximum atomic E-state index is 13.8. The highest BCUT2D eigenvalue weighted by molar-refractivity contribution is 6.18. The molecule has 322 valence electrons. The number of nitro groups is 1. The van der Waals surface area contributed by atoms with E-state index in [0.29, 0.717) is 35.6 Å². The first-order chi connectivity index (χ1) is 29.1. The number of carbonyl (C=O) groups is 1. The number of carbonyl (C=O) groups excluding carboxylic acids is 1. The molecular weight excluding hydrogens is 792 g/mol. The third-order valence-corrected chi connectivity index (χ3v) is 11.7. The number of aliphatic hydroxyl groups is 2. The summed E-state index contributed by atoms with van der Waals surface area (Å²) in [5, 5.41) is 35.8. The van der Waals surface area contributed by atoms with Crippen LogP contribution in [0.5, 0.6) is 11.5 Å². The van der Waals surface area contributed by atoms with Crippen molar-refractivity contribution in [2.45, 2.75) is 82.8 Å². The van der Waals surface area contributed by atoms with Gasteiger partial charge < -0.3 is 38.9 Å². The molecule has 0 radical (unpaired) electrons. The van der Waals surface area contributed by atoms with Crippen LogP contribution in [0.3, 0.4) is 0 Å². The summed E-state index contributed by atoms with van der Waals surface area (Å²) in [5.74, 6) is -0.863. The first kappa shape index (κ1) is 44.5. The van der Waals surface area contributed by atoms with E-state index in [1.54, 1.807) is 25.3 Å². The lowest BCUT2D eigenvalue weighted by Gasteiger charge is -2.59. The highest BCUT2D eigenvalue weighted by Crippen LogP contribution is 2.61. The van der Waals surface area contributed by atoms with Crippen LogP contribution in [0, 0.1) is 34.8 Å². The molecule has 1 fully saturated rings. The first-order valence-corrected chi connectivity index (χ1v) is 21.1. The van der Waals surface area contributed by atoms with Gasteiger partial charge in [-0.3, -0.25) is 15.1 Å². The Balaban J connectivity index is 1.51. The van der Waals surface area contributed by atoms with E-state index in [1.807, 2.05) is 43.3 Å². The van der Waals surface area contributed by atoms with Crippen LogP contribution in [0.25, 0.3) is 0 Å². The molecule has 6 unspecified atom stereocenters. The Hall–Kier alpha value is -5.02. The van der Waals surface area contributed by atoms with Crippen LogP contribution < -0.4 is 9.47 Å². The largest absolute Gasteiger partial charge is 0.487 e. The molecule has 3 aromatic rings. The van der Waals surface area contributed by atoms with Gasteiger partial charge in [0.15, 0.2) is 0 Å². The molecule has 6 rings (SSSR count). The molecule has 1 amide bonds. The van der Waals surface area contributed by atoms with Crippen molar-refractivity contribution >= 4 is 29.1 Å². The third-order valence-electron chi connectivity index (χ3n) is 11.6.